The molecule has 0 amide bonds. The third kappa shape index (κ3) is 3.80. The lowest BCUT2D eigenvalue weighted by molar-refractivity contribution is 0.583. The molecule has 19 heavy (non-hydrogen) atoms. The van der Waals surface area contributed by atoms with Crippen LogP contribution in [0.25, 0.3) is 6.08 Å². The smallest absolute Gasteiger partial charge is 0.126 e. The number of allylic oxidation sites excluding steroid dienone is 1. The largest absolute Gasteiger partial charge is 0.207 e. The van der Waals surface area contributed by atoms with E-state index in [0.29, 0.717) is 10.4 Å². The second kappa shape index (κ2) is 5.85. The van der Waals surface area contributed by atoms with E-state index in [9.17, 15) is 8.78 Å². The van der Waals surface area contributed by atoms with Gasteiger partial charge in [0.2, 0.25) is 0 Å². The molecule has 0 bridgehead atoms. The first-order valence-electron chi connectivity index (χ1n) is 5.80. The predicted octanol–water partition coefficient (Wildman–Crippen LogP) is 4.70. The Morgan fingerprint density at radius 2 is 1.58 bits per heavy atom. The van der Waals surface area contributed by atoms with Gasteiger partial charge in [-0.1, -0.05) is 48.1 Å². The molecular weight excluding hydrogens is 262 g/mol. The van der Waals surface area contributed by atoms with Crippen LogP contribution in [0.1, 0.15) is 16.7 Å². The molecule has 0 unspecified atom stereocenters. The van der Waals surface area contributed by atoms with E-state index in [4.69, 9.17) is 12.2 Å². The Balaban J connectivity index is 2.18. The maximum atomic E-state index is 13.0. The molecule has 0 aromatic heterocycles. The number of halogens is 2. The van der Waals surface area contributed by atoms with Gasteiger partial charge < -0.3 is 0 Å². The summed E-state index contributed by atoms with van der Waals surface area (Å²) < 4.78 is 26.0. The van der Waals surface area contributed by atoms with Crippen molar-refractivity contribution in [3.8, 4) is 0 Å². The van der Waals surface area contributed by atoms with Crippen molar-refractivity contribution in [3.05, 3.63) is 76.9 Å². The van der Waals surface area contributed by atoms with Crippen LogP contribution in [0.3, 0.4) is 0 Å². The minimum absolute atomic E-state index is 0.451. The molecule has 2 rings (SSSR count). The van der Waals surface area contributed by atoms with Crippen LogP contribution >= 0.6 is 12.2 Å². The lowest BCUT2D eigenvalue weighted by Gasteiger charge is -2.00. The Morgan fingerprint density at radius 1 is 1.00 bits per heavy atom. The molecule has 0 saturated carbocycles. The van der Waals surface area contributed by atoms with Crippen molar-refractivity contribution in [1.82, 2.24) is 0 Å². The van der Waals surface area contributed by atoms with Gasteiger partial charge in [0.1, 0.15) is 11.6 Å². The van der Waals surface area contributed by atoms with Gasteiger partial charge in [-0.05, 0) is 36.3 Å². The van der Waals surface area contributed by atoms with Gasteiger partial charge in [-0.25, -0.2) is 8.78 Å². The van der Waals surface area contributed by atoms with Crippen molar-refractivity contribution in [2.75, 3.05) is 0 Å². The third-order valence-electron chi connectivity index (χ3n) is 2.65. The first kappa shape index (κ1) is 13.6. The summed E-state index contributed by atoms with van der Waals surface area (Å²) in [6.45, 7) is 2.00. The highest BCUT2D eigenvalue weighted by Gasteiger charge is 1.99. The van der Waals surface area contributed by atoms with E-state index in [1.54, 1.807) is 12.2 Å². The first-order valence-corrected chi connectivity index (χ1v) is 6.20. The zero-order valence-corrected chi connectivity index (χ0v) is 11.2. The van der Waals surface area contributed by atoms with Gasteiger partial charge in [0.25, 0.3) is 0 Å². The summed E-state index contributed by atoms with van der Waals surface area (Å²) >= 11 is 5.25. The van der Waals surface area contributed by atoms with Gasteiger partial charge >= 0.3 is 0 Å². The Kier molecular flexibility index (Phi) is 4.17. The van der Waals surface area contributed by atoms with Crippen LogP contribution in [0.15, 0.2) is 48.5 Å². The van der Waals surface area contributed by atoms with Gasteiger partial charge in [0.05, 0.1) is 0 Å². The summed E-state index contributed by atoms with van der Waals surface area (Å²) in [5.74, 6) is -1.19. The second-order valence-corrected chi connectivity index (χ2v) is 4.71. The molecule has 0 atom stereocenters. The van der Waals surface area contributed by atoms with Gasteiger partial charge in [-0.3, -0.25) is 0 Å². The van der Waals surface area contributed by atoms with Gasteiger partial charge in [0, 0.05) is 10.9 Å². The van der Waals surface area contributed by atoms with E-state index in [0.717, 1.165) is 17.2 Å². The molecular formula is C16H12F2S. The maximum Gasteiger partial charge on any atom is 0.126 e. The van der Waals surface area contributed by atoms with E-state index >= 15 is 0 Å². The highest BCUT2D eigenvalue weighted by molar-refractivity contribution is 7.81. The zero-order chi connectivity index (χ0) is 13.8. The first-order chi connectivity index (χ1) is 9.04. The van der Waals surface area contributed by atoms with Crippen LogP contribution in [0.4, 0.5) is 8.78 Å². The van der Waals surface area contributed by atoms with E-state index in [1.807, 2.05) is 31.2 Å². The lowest BCUT2D eigenvalue weighted by Crippen LogP contribution is -1.92. The Hall–Kier alpha value is -1.87. The fourth-order valence-electron chi connectivity index (χ4n) is 1.66. The molecule has 2 aromatic rings. The quantitative estimate of drug-likeness (QED) is 0.444. The number of benzene rings is 2. The van der Waals surface area contributed by atoms with Crippen LogP contribution < -0.4 is 0 Å². The number of rotatable bonds is 3. The summed E-state index contributed by atoms with van der Waals surface area (Å²) in [6, 6.07) is 11.2. The van der Waals surface area contributed by atoms with Crippen LogP contribution in [0, 0.1) is 18.6 Å². The summed E-state index contributed by atoms with van der Waals surface area (Å²) in [5.41, 5.74) is 2.52. The SMILES string of the molecule is Cc1ccc(C(=S)C=Cc2cc(F)cc(F)c2)cc1. The van der Waals surface area contributed by atoms with E-state index in [1.165, 1.54) is 12.1 Å². The van der Waals surface area contributed by atoms with E-state index in [-0.39, 0.29) is 0 Å². The molecule has 0 aliphatic rings. The molecule has 0 saturated heterocycles. The molecule has 96 valence electrons. The van der Waals surface area contributed by atoms with Crippen LogP contribution in [0.5, 0.6) is 0 Å². The van der Waals surface area contributed by atoms with Crippen molar-refractivity contribution in [1.29, 1.82) is 0 Å². The average molecular weight is 274 g/mol. The van der Waals surface area contributed by atoms with Crippen molar-refractivity contribution in [2.24, 2.45) is 0 Å². The molecule has 0 fully saturated rings. The summed E-state index contributed by atoms with van der Waals surface area (Å²) in [4.78, 5) is 0.629. The van der Waals surface area contributed by atoms with Crippen molar-refractivity contribution in [3.63, 3.8) is 0 Å². The zero-order valence-electron chi connectivity index (χ0n) is 10.4. The third-order valence-corrected chi connectivity index (χ3v) is 3.02. The highest BCUT2D eigenvalue weighted by atomic mass is 32.1. The molecule has 0 nitrogen and oxygen atoms in total. The number of thiocarbonyl (C=S) groups is 1. The topological polar surface area (TPSA) is 0 Å². The Labute approximate surface area is 116 Å². The molecule has 2 aromatic carbocycles. The second-order valence-electron chi connectivity index (χ2n) is 4.27. The fourth-order valence-corrected chi connectivity index (χ4v) is 1.86. The van der Waals surface area contributed by atoms with E-state index < -0.39 is 11.6 Å². The molecule has 0 radical (unpaired) electrons. The molecule has 0 spiro atoms. The van der Waals surface area contributed by atoms with E-state index in [2.05, 4.69) is 0 Å². The predicted molar refractivity (Wildman–Crippen MR) is 78.3 cm³/mol. The minimum atomic E-state index is -0.596. The fraction of sp³-hybridized carbons (Fsp3) is 0.0625. The Bertz CT molecular complexity index is 607. The number of aryl methyl sites for hydroxylation is 1. The maximum absolute atomic E-state index is 13.0. The van der Waals surface area contributed by atoms with Crippen LogP contribution in [-0.4, -0.2) is 4.86 Å². The normalized spacial score (nSPS) is 10.9. The standard InChI is InChI=1S/C16H12F2S/c1-11-2-5-13(6-3-11)16(19)7-4-12-8-14(17)10-15(18)9-12/h2-10H,1H3. The molecule has 0 aliphatic carbocycles. The van der Waals surface area contributed by atoms with Gasteiger partial charge in [-0.15, -0.1) is 0 Å². The summed E-state index contributed by atoms with van der Waals surface area (Å²) in [6.07, 6.45) is 3.28. The lowest BCUT2D eigenvalue weighted by atomic mass is 10.1. The highest BCUT2D eigenvalue weighted by Crippen LogP contribution is 2.11. The Morgan fingerprint density at radius 3 is 2.16 bits per heavy atom. The van der Waals surface area contributed by atoms with Crippen molar-refractivity contribution < 1.29 is 8.78 Å². The van der Waals surface area contributed by atoms with Crippen molar-refractivity contribution >= 4 is 23.2 Å². The number of hydrogen-bond acceptors (Lipinski definition) is 1. The summed E-state index contributed by atoms with van der Waals surface area (Å²) in [5, 5.41) is 0. The van der Waals surface area contributed by atoms with Crippen LogP contribution in [-0.2, 0) is 0 Å². The summed E-state index contributed by atoms with van der Waals surface area (Å²) in [7, 11) is 0. The molecule has 0 aliphatic heterocycles. The minimum Gasteiger partial charge on any atom is -0.207 e. The van der Waals surface area contributed by atoms with Crippen molar-refractivity contribution in [2.45, 2.75) is 6.92 Å². The van der Waals surface area contributed by atoms with Gasteiger partial charge in [-0.2, -0.15) is 0 Å². The molecule has 0 heterocycles. The monoisotopic (exact) mass is 274 g/mol. The molecule has 0 N–H and O–H groups in total. The average Bonchev–Trinajstić information content (AvgIpc) is 2.36. The number of hydrogen-bond donors (Lipinski definition) is 0. The van der Waals surface area contributed by atoms with Gasteiger partial charge in [0.15, 0.2) is 0 Å². The van der Waals surface area contributed by atoms with Crippen LogP contribution in [0.2, 0.25) is 0 Å². The molecule has 3 heteroatoms.